The van der Waals surface area contributed by atoms with E-state index < -0.39 is 0 Å². The third-order valence-electron chi connectivity index (χ3n) is 0.385. The van der Waals surface area contributed by atoms with Gasteiger partial charge in [0.1, 0.15) is 0 Å². The average Bonchev–Trinajstić information content (AvgIpc) is 1.61. The van der Waals surface area contributed by atoms with E-state index in [-0.39, 0.29) is 6.61 Å². The predicted molar refractivity (Wildman–Crippen MR) is 21.9 cm³/mol. The Morgan fingerprint density at radius 1 is 1.83 bits per heavy atom. The van der Waals surface area contributed by atoms with Crippen molar-refractivity contribution < 1.29 is 9.13 Å². The number of ether oxygens (including phenoxy) is 1. The van der Waals surface area contributed by atoms with E-state index in [1.807, 2.05) is 6.92 Å². The van der Waals surface area contributed by atoms with Crippen LogP contribution in [0.4, 0.5) is 4.39 Å². The number of rotatable bonds is 3. The van der Waals surface area contributed by atoms with E-state index in [9.17, 15) is 4.39 Å². The van der Waals surface area contributed by atoms with Crippen LogP contribution < -0.4 is 0 Å². The molecule has 0 unspecified atom stereocenters. The maximum atomic E-state index is 10.9. The van der Waals surface area contributed by atoms with Crippen molar-refractivity contribution in [2.24, 2.45) is 0 Å². The van der Waals surface area contributed by atoms with Gasteiger partial charge in [-0.25, -0.2) is 4.39 Å². The van der Waals surface area contributed by atoms with Gasteiger partial charge < -0.3 is 4.74 Å². The van der Waals surface area contributed by atoms with E-state index in [1.54, 1.807) is 0 Å². The van der Waals surface area contributed by atoms with Crippen molar-refractivity contribution in [1.29, 1.82) is 0 Å². The maximum absolute atomic E-state index is 10.9. The van der Waals surface area contributed by atoms with Crippen LogP contribution in [0.15, 0.2) is 0 Å². The highest BCUT2D eigenvalue weighted by molar-refractivity contribution is 4.38. The molecule has 0 saturated carbocycles. The molecule has 2 heteroatoms. The van der Waals surface area contributed by atoms with Crippen LogP contribution in [-0.4, -0.2) is 13.2 Å². The molecule has 0 amide bonds. The molecule has 0 saturated heterocycles. The zero-order valence-electron chi connectivity index (χ0n) is 3.78. The largest absolute Gasteiger partial charge is 0.379 e. The second kappa shape index (κ2) is 4.89. The molecule has 1 nitrogen and oxygen atoms in total. The van der Waals surface area contributed by atoms with Crippen molar-refractivity contribution in [2.45, 2.75) is 6.92 Å². The molecule has 0 fully saturated rings. The summed E-state index contributed by atoms with van der Waals surface area (Å²) < 4.78 is 15.5. The van der Waals surface area contributed by atoms with Gasteiger partial charge in [0.2, 0.25) is 0 Å². The van der Waals surface area contributed by atoms with Crippen LogP contribution in [0.2, 0.25) is 0 Å². The van der Waals surface area contributed by atoms with Crippen molar-refractivity contribution >= 4 is 0 Å². The van der Waals surface area contributed by atoms with Gasteiger partial charge in [0.05, 0.1) is 6.61 Å². The molecular weight excluding hydrogens is 83.0 g/mol. The van der Waals surface area contributed by atoms with Crippen molar-refractivity contribution in [3.63, 3.8) is 0 Å². The van der Waals surface area contributed by atoms with Gasteiger partial charge in [-0.05, 0) is 6.92 Å². The standard InChI is InChI=1S/C4H8FO/c1-2-6-4-3-5/h3H,2,4H2,1H3. The lowest BCUT2D eigenvalue weighted by Crippen LogP contribution is -1.88. The first kappa shape index (κ1) is 5.89. The predicted octanol–water partition coefficient (Wildman–Crippen LogP) is 1.15. The minimum absolute atomic E-state index is 0.122. The first-order valence-corrected chi connectivity index (χ1v) is 1.91. The van der Waals surface area contributed by atoms with Gasteiger partial charge in [0, 0.05) is 6.61 Å². The Hall–Kier alpha value is -0.110. The monoisotopic (exact) mass is 91.1 g/mol. The quantitative estimate of drug-likeness (QED) is 0.473. The molecule has 0 aliphatic carbocycles. The highest BCUT2D eigenvalue weighted by atomic mass is 19.1. The van der Waals surface area contributed by atoms with E-state index in [4.69, 9.17) is 0 Å². The maximum Gasteiger partial charge on any atom is 0.157 e. The summed E-state index contributed by atoms with van der Waals surface area (Å²) in [5.41, 5.74) is 0. The lowest BCUT2D eigenvalue weighted by atomic mass is 10.8. The summed E-state index contributed by atoms with van der Waals surface area (Å²) in [6, 6.07) is 0. The number of hydrogen-bond donors (Lipinski definition) is 0. The Balaban J connectivity index is 2.34. The third kappa shape index (κ3) is 3.89. The molecule has 0 aliphatic heterocycles. The molecular formula is C4H8FO. The summed E-state index contributed by atoms with van der Waals surface area (Å²) in [5, 5.41) is 0. The Morgan fingerprint density at radius 3 is 2.67 bits per heavy atom. The first-order valence-electron chi connectivity index (χ1n) is 1.91. The molecule has 0 heterocycles. The highest BCUT2D eigenvalue weighted by Gasteiger charge is 1.77. The zero-order valence-corrected chi connectivity index (χ0v) is 3.78. The fourth-order valence-corrected chi connectivity index (χ4v) is 0.162. The van der Waals surface area contributed by atoms with Crippen LogP contribution in [0.1, 0.15) is 6.92 Å². The molecule has 0 N–H and O–H groups in total. The Morgan fingerprint density at radius 2 is 2.50 bits per heavy atom. The summed E-state index contributed by atoms with van der Waals surface area (Å²) in [6.45, 7) is 3.02. The first-order chi connectivity index (χ1) is 2.91. The lowest BCUT2D eigenvalue weighted by molar-refractivity contribution is 0.152. The summed E-state index contributed by atoms with van der Waals surface area (Å²) in [5.74, 6) is 0. The van der Waals surface area contributed by atoms with E-state index in [0.717, 1.165) is 0 Å². The number of halogens is 1. The Labute approximate surface area is 37.1 Å². The summed E-state index contributed by atoms with van der Waals surface area (Å²) >= 11 is 0. The van der Waals surface area contributed by atoms with Crippen LogP contribution in [0.25, 0.3) is 0 Å². The highest BCUT2D eigenvalue weighted by Crippen LogP contribution is 1.77. The molecule has 0 spiro atoms. The van der Waals surface area contributed by atoms with Gasteiger partial charge in [0.15, 0.2) is 6.67 Å². The van der Waals surface area contributed by atoms with Crippen molar-refractivity contribution in [2.75, 3.05) is 13.2 Å². The summed E-state index contributed by atoms with van der Waals surface area (Å²) in [6.07, 6.45) is 0. The Kier molecular flexibility index (Phi) is 4.80. The van der Waals surface area contributed by atoms with Crippen LogP contribution >= 0.6 is 0 Å². The third-order valence-corrected chi connectivity index (χ3v) is 0.385. The lowest BCUT2D eigenvalue weighted by Gasteiger charge is -1.89. The minimum atomic E-state index is 0.122. The Bertz CT molecular complexity index is 19.5. The SMILES string of the molecule is CCOC[CH]F. The zero-order chi connectivity index (χ0) is 4.83. The van der Waals surface area contributed by atoms with E-state index in [2.05, 4.69) is 4.74 Å². The van der Waals surface area contributed by atoms with Crippen LogP contribution in [-0.2, 0) is 4.74 Å². The van der Waals surface area contributed by atoms with Crippen molar-refractivity contribution in [3.05, 3.63) is 6.67 Å². The molecule has 0 aromatic heterocycles. The molecule has 37 valence electrons. The molecule has 1 radical (unpaired) electrons. The molecule has 0 aromatic rings. The second-order valence-electron chi connectivity index (χ2n) is 0.814. The van der Waals surface area contributed by atoms with Gasteiger partial charge >= 0.3 is 0 Å². The second-order valence-corrected chi connectivity index (χ2v) is 0.814. The van der Waals surface area contributed by atoms with Crippen molar-refractivity contribution in [3.8, 4) is 0 Å². The fourth-order valence-electron chi connectivity index (χ4n) is 0.162. The number of hydrogen-bond acceptors (Lipinski definition) is 1. The van der Waals surface area contributed by atoms with Crippen LogP contribution in [0.3, 0.4) is 0 Å². The molecule has 6 heavy (non-hydrogen) atoms. The van der Waals surface area contributed by atoms with Crippen LogP contribution in [0, 0.1) is 6.67 Å². The molecule has 0 aromatic carbocycles. The van der Waals surface area contributed by atoms with Gasteiger partial charge in [-0.15, -0.1) is 0 Å². The summed E-state index contributed by atoms with van der Waals surface area (Å²) in [7, 11) is 0. The molecule has 0 atom stereocenters. The van der Waals surface area contributed by atoms with Crippen LogP contribution in [0.5, 0.6) is 0 Å². The smallest absolute Gasteiger partial charge is 0.157 e. The fraction of sp³-hybridized carbons (Fsp3) is 0.750. The van der Waals surface area contributed by atoms with Gasteiger partial charge in [0.25, 0.3) is 0 Å². The van der Waals surface area contributed by atoms with E-state index >= 15 is 0 Å². The van der Waals surface area contributed by atoms with Crippen molar-refractivity contribution in [1.82, 2.24) is 0 Å². The summed E-state index contributed by atoms with van der Waals surface area (Å²) in [4.78, 5) is 0. The molecule has 0 rings (SSSR count). The van der Waals surface area contributed by atoms with Gasteiger partial charge in [-0.3, -0.25) is 0 Å². The normalized spacial score (nSPS) is 9.00. The topological polar surface area (TPSA) is 9.23 Å². The minimum Gasteiger partial charge on any atom is -0.379 e. The molecule has 0 bridgehead atoms. The van der Waals surface area contributed by atoms with Gasteiger partial charge in [-0.2, -0.15) is 0 Å². The van der Waals surface area contributed by atoms with E-state index in [0.29, 0.717) is 13.3 Å². The van der Waals surface area contributed by atoms with Gasteiger partial charge in [-0.1, -0.05) is 0 Å². The van der Waals surface area contributed by atoms with E-state index in [1.165, 1.54) is 0 Å². The average molecular weight is 91.1 g/mol. The molecule has 0 aliphatic rings.